The first-order chi connectivity index (χ1) is 10.6. The molecule has 5 nitrogen and oxygen atoms in total. The van der Waals surface area contributed by atoms with Gasteiger partial charge < -0.3 is 14.8 Å². The van der Waals surface area contributed by atoms with Gasteiger partial charge in [0.15, 0.2) is 0 Å². The van der Waals surface area contributed by atoms with E-state index < -0.39 is 6.10 Å². The molecule has 0 bridgehead atoms. The van der Waals surface area contributed by atoms with Crippen molar-refractivity contribution in [3.8, 4) is 0 Å². The fourth-order valence-electron chi connectivity index (χ4n) is 3.36. The lowest BCUT2D eigenvalue weighted by Crippen LogP contribution is -2.39. The fraction of sp³-hybridized carbons (Fsp3) is 0.588. The number of aryl methyl sites for hydroxylation is 2. The molecule has 1 aliphatic rings. The molecule has 2 unspecified atom stereocenters. The van der Waals surface area contributed by atoms with Gasteiger partial charge >= 0.3 is 0 Å². The van der Waals surface area contributed by atoms with E-state index in [0.29, 0.717) is 13.1 Å². The molecule has 3 rings (SSSR count). The zero-order chi connectivity index (χ0) is 15.7. The zero-order valence-electron chi connectivity index (χ0n) is 13.4. The van der Waals surface area contributed by atoms with E-state index in [1.165, 1.54) is 11.1 Å². The van der Waals surface area contributed by atoms with Crippen LogP contribution in [0.1, 0.15) is 24.0 Å². The minimum absolute atomic E-state index is 0.180. The molecule has 1 aliphatic heterocycles. The molecule has 0 amide bonds. The van der Waals surface area contributed by atoms with Crippen LogP contribution in [0.3, 0.4) is 0 Å². The summed E-state index contributed by atoms with van der Waals surface area (Å²) in [5.41, 5.74) is 4.52. The molecule has 2 N–H and O–H groups in total. The molecular weight excluding hydrogens is 278 g/mol. The van der Waals surface area contributed by atoms with Crippen LogP contribution in [0.2, 0.25) is 0 Å². The Morgan fingerprint density at radius 1 is 1.27 bits per heavy atom. The molecule has 1 fully saturated rings. The van der Waals surface area contributed by atoms with Crippen molar-refractivity contribution in [2.24, 2.45) is 0 Å². The highest BCUT2D eigenvalue weighted by atomic mass is 16.3. The second-order valence-corrected chi connectivity index (χ2v) is 6.45. The van der Waals surface area contributed by atoms with Gasteiger partial charge in [0.05, 0.1) is 36.6 Å². The summed E-state index contributed by atoms with van der Waals surface area (Å²) in [4.78, 5) is 6.63. The molecule has 2 aromatic rings. The third kappa shape index (κ3) is 3.02. The molecule has 1 saturated heterocycles. The van der Waals surface area contributed by atoms with Crippen LogP contribution in [0.15, 0.2) is 18.5 Å². The Bertz CT molecular complexity index is 653. The number of hydrogen-bond acceptors (Lipinski definition) is 4. The Morgan fingerprint density at radius 3 is 2.82 bits per heavy atom. The third-order valence-corrected chi connectivity index (χ3v) is 4.80. The number of likely N-dealkylation sites (tertiary alicyclic amines) is 1. The van der Waals surface area contributed by atoms with Crippen molar-refractivity contribution in [2.45, 2.75) is 45.4 Å². The lowest BCUT2D eigenvalue weighted by molar-refractivity contribution is 0.0756. The third-order valence-electron chi connectivity index (χ3n) is 4.80. The summed E-state index contributed by atoms with van der Waals surface area (Å²) in [6.07, 6.45) is 3.48. The Labute approximate surface area is 131 Å². The fourth-order valence-corrected chi connectivity index (χ4v) is 3.36. The lowest BCUT2D eigenvalue weighted by atomic mass is 10.1. The van der Waals surface area contributed by atoms with Crippen LogP contribution in [-0.4, -0.2) is 56.5 Å². The molecule has 5 heteroatoms. The van der Waals surface area contributed by atoms with Gasteiger partial charge in [0, 0.05) is 12.6 Å². The molecule has 0 spiro atoms. The number of benzene rings is 1. The molecule has 0 aliphatic carbocycles. The Hall–Kier alpha value is -1.43. The van der Waals surface area contributed by atoms with Gasteiger partial charge in [-0.3, -0.25) is 4.90 Å². The summed E-state index contributed by atoms with van der Waals surface area (Å²) in [6.45, 7) is 6.47. The number of aromatic nitrogens is 2. The maximum absolute atomic E-state index is 10.4. The Balaban J connectivity index is 1.71. The highest BCUT2D eigenvalue weighted by molar-refractivity contribution is 5.77. The van der Waals surface area contributed by atoms with E-state index in [9.17, 15) is 10.2 Å². The van der Waals surface area contributed by atoms with Gasteiger partial charge in [0.25, 0.3) is 0 Å². The molecule has 0 saturated carbocycles. The van der Waals surface area contributed by atoms with Gasteiger partial charge in [-0.25, -0.2) is 4.98 Å². The van der Waals surface area contributed by atoms with Crippen LogP contribution < -0.4 is 0 Å². The number of hydrogen-bond donors (Lipinski definition) is 2. The number of fused-ring (bicyclic) bond motifs is 1. The molecule has 22 heavy (non-hydrogen) atoms. The molecule has 120 valence electrons. The molecule has 0 radical (unpaired) electrons. The molecule has 1 aromatic heterocycles. The van der Waals surface area contributed by atoms with Gasteiger partial charge in [-0.2, -0.15) is 0 Å². The van der Waals surface area contributed by atoms with Gasteiger partial charge in [-0.1, -0.05) is 0 Å². The monoisotopic (exact) mass is 303 g/mol. The van der Waals surface area contributed by atoms with Crippen LogP contribution in [0.4, 0.5) is 0 Å². The summed E-state index contributed by atoms with van der Waals surface area (Å²) in [5, 5.41) is 19.8. The van der Waals surface area contributed by atoms with Gasteiger partial charge in [0.1, 0.15) is 0 Å². The van der Waals surface area contributed by atoms with Crippen molar-refractivity contribution in [2.75, 3.05) is 19.7 Å². The predicted molar refractivity (Wildman–Crippen MR) is 86.9 cm³/mol. The van der Waals surface area contributed by atoms with Crippen LogP contribution in [0.5, 0.6) is 0 Å². The molecular formula is C17H25N3O2. The van der Waals surface area contributed by atoms with E-state index >= 15 is 0 Å². The second kappa shape index (κ2) is 6.36. The SMILES string of the molecule is Cc1cc2ncn(CC(O)CN3CCCC3CO)c2cc1C. The maximum Gasteiger partial charge on any atom is 0.0959 e. The van der Waals surface area contributed by atoms with Crippen molar-refractivity contribution in [1.82, 2.24) is 14.5 Å². The predicted octanol–water partition coefficient (Wildman–Crippen LogP) is 1.47. The van der Waals surface area contributed by atoms with Crippen molar-refractivity contribution in [3.05, 3.63) is 29.6 Å². The number of aliphatic hydroxyl groups is 2. The molecule has 1 aromatic carbocycles. The number of rotatable bonds is 5. The van der Waals surface area contributed by atoms with Crippen LogP contribution in [-0.2, 0) is 6.54 Å². The second-order valence-electron chi connectivity index (χ2n) is 6.45. The summed E-state index contributed by atoms with van der Waals surface area (Å²) in [5.74, 6) is 0. The van der Waals surface area contributed by atoms with E-state index in [0.717, 1.165) is 30.4 Å². The van der Waals surface area contributed by atoms with E-state index in [-0.39, 0.29) is 12.6 Å². The first kappa shape index (κ1) is 15.5. The average Bonchev–Trinajstić information content (AvgIpc) is 3.07. The van der Waals surface area contributed by atoms with E-state index in [4.69, 9.17) is 0 Å². The van der Waals surface area contributed by atoms with Gasteiger partial charge in [0.2, 0.25) is 0 Å². The van der Waals surface area contributed by atoms with Crippen LogP contribution >= 0.6 is 0 Å². The standard InChI is InChI=1S/C17H25N3O2/c1-12-6-16-17(7-13(12)2)20(11-18-16)9-15(22)8-19-5-3-4-14(19)10-21/h6-7,11,14-15,21-22H,3-5,8-10H2,1-2H3. The summed E-state index contributed by atoms with van der Waals surface area (Å²) in [6, 6.07) is 4.44. The van der Waals surface area contributed by atoms with Crippen LogP contribution in [0, 0.1) is 13.8 Å². The van der Waals surface area contributed by atoms with E-state index in [1.807, 2.05) is 4.57 Å². The quantitative estimate of drug-likeness (QED) is 0.878. The first-order valence-corrected chi connectivity index (χ1v) is 8.03. The van der Waals surface area contributed by atoms with E-state index in [2.05, 4.69) is 35.9 Å². The topological polar surface area (TPSA) is 61.5 Å². The van der Waals surface area contributed by atoms with E-state index in [1.54, 1.807) is 6.33 Å². The first-order valence-electron chi connectivity index (χ1n) is 8.03. The largest absolute Gasteiger partial charge is 0.395 e. The number of imidazole rings is 1. The summed E-state index contributed by atoms with van der Waals surface area (Å²) in [7, 11) is 0. The van der Waals surface area contributed by atoms with Crippen molar-refractivity contribution in [1.29, 1.82) is 0 Å². The van der Waals surface area contributed by atoms with Crippen LogP contribution in [0.25, 0.3) is 11.0 Å². The number of aliphatic hydroxyl groups excluding tert-OH is 2. The number of nitrogens with zero attached hydrogens (tertiary/aromatic N) is 3. The maximum atomic E-state index is 10.4. The van der Waals surface area contributed by atoms with Gasteiger partial charge in [-0.05, 0) is 56.5 Å². The lowest BCUT2D eigenvalue weighted by Gasteiger charge is -2.25. The summed E-state index contributed by atoms with van der Waals surface area (Å²) < 4.78 is 2.02. The smallest absolute Gasteiger partial charge is 0.0959 e. The minimum Gasteiger partial charge on any atom is -0.395 e. The van der Waals surface area contributed by atoms with Crippen molar-refractivity contribution in [3.63, 3.8) is 0 Å². The number of β-amino-alcohol motifs (C(OH)–C–C–N with tert-alkyl or cyclic N) is 1. The summed E-state index contributed by atoms with van der Waals surface area (Å²) >= 11 is 0. The Kier molecular flexibility index (Phi) is 4.47. The zero-order valence-corrected chi connectivity index (χ0v) is 13.4. The van der Waals surface area contributed by atoms with Crippen molar-refractivity contribution >= 4 is 11.0 Å². The highest BCUT2D eigenvalue weighted by Crippen LogP contribution is 2.20. The normalized spacial score (nSPS) is 20.8. The molecule has 2 heterocycles. The van der Waals surface area contributed by atoms with Gasteiger partial charge in [-0.15, -0.1) is 0 Å². The van der Waals surface area contributed by atoms with Crippen molar-refractivity contribution < 1.29 is 10.2 Å². The molecule has 2 atom stereocenters. The average molecular weight is 303 g/mol. The highest BCUT2D eigenvalue weighted by Gasteiger charge is 2.25. The Morgan fingerprint density at radius 2 is 2.05 bits per heavy atom. The minimum atomic E-state index is -0.453.